The highest BCUT2D eigenvalue weighted by molar-refractivity contribution is 9.10. The lowest BCUT2D eigenvalue weighted by Crippen LogP contribution is -2.00. The smallest absolute Gasteiger partial charge is 0.176 e. The first-order chi connectivity index (χ1) is 8.16. The van der Waals surface area contributed by atoms with Crippen LogP contribution in [0.15, 0.2) is 46.0 Å². The number of thioether (sulfide) groups is 1. The SMILES string of the molecule is Cn1cc(C(=O)CSc2ccccc2Br)cn1. The van der Waals surface area contributed by atoms with Crippen molar-refractivity contribution in [2.45, 2.75) is 4.90 Å². The first-order valence-corrected chi connectivity index (χ1v) is 6.84. The number of aryl methyl sites for hydroxylation is 1. The Bertz CT molecular complexity index is 539. The molecule has 0 unspecified atom stereocenters. The number of hydrogen-bond donors (Lipinski definition) is 0. The summed E-state index contributed by atoms with van der Waals surface area (Å²) in [5.74, 6) is 0.521. The van der Waals surface area contributed by atoms with Gasteiger partial charge < -0.3 is 0 Å². The molecule has 3 nitrogen and oxygen atoms in total. The van der Waals surface area contributed by atoms with Gasteiger partial charge in [0.25, 0.3) is 0 Å². The van der Waals surface area contributed by atoms with Crippen molar-refractivity contribution in [2.75, 3.05) is 5.75 Å². The summed E-state index contributed by atoms with van der Waals surface area (Å²) in [7, 11) is 1.80. The van der Waals surface area contributed by atoms with Gasteiger partial charge in [0.15, 0.2) is 5.78 Å². The van der Waals surface area contributed by atoms with Crippen molar-refractivity contribution >= 4 is 33.5 Å². The maximum atomic E-state index is 11.9. The molecule has 88 valence electrons. The van der Waals surface area contributed by atoms with Crippen molar-refractivity contribution in [2.24, 2.45) is 7.05 Å². The van der Waals surface area contributed by atoms with Crippen LogP contribution >= 0.6 is 27.7 Å². The van der Waals surface area contributed by atoms with Gasteiger partial charge in [-0.25, -0.2) is 0 Å². The summed E-state index contributed by atoms with van der Waals surface area (Å²) in [4.78, 5) is 12.9. The lowest BCUT2D eigenvalue weighted by atomic mass is 10.3. The van der Waals surface area contributed by atoms with Crippen molar-refractivity contribution in [1.29, 1.82) is 0 Å². The van der Waals surface area contributed by atoms with Crippen LogP contribution < -0.4 is 0 Å². The fraction of sp³-hybridized carbons (Fsp3) is 0.167. The molecule has 0 atom stereocenters. The molecule has 0 aliphatic heterocycles. The van der Waals surface area contributed by atoms with Crippen molar-refractivity contribution in [3.05, 3.63) is 46.7 Å². The summed E-state index contributed by atoms with van der Waals surface area (Å²) in [5.41, 5.74) is 0.659. The Morgan fingerprint density at radius 2 is 2.24 bits per heavy atom. The molecule has 2 aromatic rings. The molecule has 0 fully saturated rings. The quantitative estimate of drug-likeness (QED) is 0.642. The van der Waals surface area contributed by atoms with Gasteiger partial charge >= 0.3 is 0 Å². The van der Waals surface area contributed by atoms with E-state index in [-0.39, 0.29) is 5.78 Å². The average Bonchev–Trinajstić information content (AvgIpc) is 2.74. The standard InChI is InChI=1S/C12H11BrN2OS/c1-15-7-9(6-14-15)11(16)8-17-12-5-3-2-4-10(12)13/h2-7H,8H2,1H3. The fourth-order valence-corrected chi connectivity index (χ4v) is 2.82. The van der Waals surface area contributed by atoms with E-state index in [2.05, 4.69) is 21.0 Å². The molecule has 0 aliphatic rings. The van der Waals surface area contributed by atoms with Gasteiger partial charge in [-0.05, 0) is 28.1 Å². The summed E-state index contributed by atoms with van der Waals surface area (Å²) in [6.45, 7) is 0. The molecule has 0 bridgehead atoms. The summed E-state index contributed by atoms with van der Waals surface area (Å²) in [5, 5.41) is 3.99. The zero-order valence-electron chi connectivity index (χ0n) is 9.26. The highest BCUT2D eigenvalue weighted by atomic mass is 79.9. The number of aromatic nitrogens is 2. The van der Waals surface area contributed by atoms with Crippen LogP contribution in [-0.4, -0.2) is 21.3 Å². The third kappa shape index (κ3) is 3.20. The van der Waals surface area contributed by atoms with Gasteiger partial charge in [0.1, 0.15) is 0 Å². The van der Waals surface area contributed by atoms with Crippen molar-refractivity contribution in [3.63, 3.8) is 0 Å². The molecule has 1 aromatic carbocycles. The molecular formula is C12H11BrN2OS. The van der Waals surface area contributed by atoms with Crippen molar-refractivity contribution < 1.29 is 4.79 Å². The molecular weight excluding hydrogens is 300 g/mol. The number of halogens is 1. The number of ketones is 1. The van der Waals surface area contributed by atoms with Gasteiger partial charge in [-0.3, -0.25) is 9.48 Å². The van der Waals surface area contributed by atoms with E-state index in [9.17, 15) is 4.79 Å². The second-order valence-corrected chi connectivity index (χ2v) is 5.42. The Kier molecular flexibility index (Phi) is 4.02. The molecule has 5 heteroatoms. The Hall–Kier alpha value is -1.07. The normalized spacial score (nSPS) is 10.5. The van der Waals surface area contributed by atoms with Gasteiger partial charge in [0, 0.05) is 22.6 Å². The van der Waals surface area contributed by atoms with Crippen LogP contribution in [0.1, 0.15) is 10.4 Å². The molecule has 0 aliphatic carbocycles. The second-order valence-electron chi connectivity index (χ2n) is 3.54. The maximum Gasteiger partial charge on any atom is 0.176 e. The molecule has 0 amide bonds. The predicted molar refractivity (Wildman–Crippen MR) is 72.4 cm³/mol. The Balaban J connectivity index is 1.99. The molecule has 0 N–H and O–H groups in total. The van der Waals surface area contributed by atoms with Crippen LogP contribution in [0.5, 0.6) is 0 Å². The maximum absolute atomic E-state index is 11.9. The number of hydrogen-bond acceptors (Lipinski definition) is 3. The first kappa shape index (κ1) is 12.4. The fourth-order valence-electron chi connectivity index (χ4n) is 1.35. The molecule has 0 spiro atoms. The van der Waals surface area contributed by atoms with E-state index in [1.165, 1.54) is 11.8 Å². The van der Waals surface area contributed by atoms with Gasteiger partial charge in [0.2, 0.25) is 0 Å². The van der Waals surface area contributed by atoms with Crippen molar-refractivity contribution in [1.82, 2.24) is 9.78 Å². The molecule has 2 rings (SSSR count). The molecule has 1 heterocycles. The predicted octanol–water partition coefficient (Wildman–Crippen LogP) is 3.16. The number of benzene rings is 1. The minimum absolute atomic E-state index is 0.0962. The lowest BCUT2D eigenvalue weighted by Gasteiger charge is -2.02. The minimum atomic E-state index is 0.0962. The van der Waals surface area contributed by atoms with E-state index in [4.69, 9.17) is 0 Å². The molecule has 1 aromatic heterocycles. The van der Waals surface area contributed by atoms with Crippen LogP contribution in [-0.2, 0) is 7.05 Å². The highest BCUT2D eigenvalue weighted by Gasteiger charge is 2.09. The van der Waals surface area contributed by atoms with Crippen LogP contribution in [0.25, 0.3) is 0 Å². The lowest BCUT2D eigenvalue weighted by molar-refractivity contribution is 0.102. The van der Waals surface area contributed by atoms with Crippen LogP contribution in [0.2, 0.25) is 0 Å². The number of nitrogens with zero attached hydrogens (tertiary/aromatic N) is 2. The zero-order valence-corrected chi connectivity index (χ0v) is 11.7. The van der Waals surface area contributed by atoms with Crippen LogP contribution in [0.4, 0.5) is 0 Å². The summed E-state index contributed by atoms with van der Waals surface area (Å²) in [6.07, 6.45) is 3.34. The molecule has 0 saturated carbocycles. The average molecular weight is 311 g/mol. The van der Waals surface area contributed by atoms with E-state index < -0.39 is 0 Å². The van der Waals surface area contributed by atoms with Gasteiger partial charge in [-0.2, -0.15) is 5.10 Å². The molecule has 17 heavy (non-hydrogen) atoms. The molecule has 0 saturated heterocycles. The number of rotatable bonds is 4. The van der Waals surface area contributed by atoms with Crippen LogP contribution in [0.3, 0.4) is 0 Å². The molecule has 0 radical (unpaired) electrons. The number of Topliss-reactive ketones (excluding diaryl/α,β-unsaturated/α-hetero) is 1. The zero-order chi connectivity index (χ0) is 12.3. The second kappa shape index (κ2) is 5.51. The Labute approximate surface area is 112 Å². The van der Waals surface area contributed by atoms with E-state index in [0.29, 0.717) is 11.3 Å². The summed E-state index contributed by atoms with van der Waals surface area (Å²) in [6, 6.07) is 7.88. The third-order valence-electron chi connectivity index (χ3n) is 2.22. The van der Waals surface area contributed by atoms with Gasteiger partial charge in [-0.15, -0.1) is 11.8 Å². The monoisotopic (exact) mass is 310 g/mol. The third-order valence-corrected chi connectivity index (χ3v) is 4.25. The van der Waals surface area contributed by atoms with E-state index in [1.54, 1.807) is 24.1 Å². The summed E-state index contributed by atoms with van der Waals surface area (Å²) >= 11 is 4.98. The Morgan fingerprint density at radius 1 is 1.47 bits per heavy atom. The van der Waals surface area contributed by atoms with Gasteiger partial charge in [0.05, 0.1) is 17.5 Å². The number of carbonyl (C=O) groups excluding carboxylic acids is 1. The van der Waals surface area contributed by atoms with E-state index in [0.717, 1.165) is 9.37 Å². The summed E-state index contributed by atoms with van der Waals surface area (Å²) < 4.78 is 2.65. The minimum Gasteiger partial charge on any atom is -0.293 e. The van der Waals surface area contributed by atoms with E-state index >= 15 is 0 Å². The van der Waals surface area contributed by atoms with Crippen LogP contribution in [0, 0.1) is 0 Å². The Morgan fingerprint density at radius 3 is 2.88 bits per heavy atom. The first-order valence-electron chi connectivity index (χ1n) is 5.06. The number of carbonyl (C=O) groups is 1. The van der Waals surface area contributed by atoms with Crippen molar-refractivity contribution in [3.8, 4) is 0 Å². The topological polar surface area (TPSA) is 34.9 Å². The van der Waals surface area contributed by atoms with Gasteiger partial charge in [-0.1, -0.05) is 12.1 Å². The van der Waals surface area contributed by atoms with E-state index in [1.807, 2.05) is 24.3 Å². The largest absolute Gasteiger partial charge is 0.293 e. The highest BCUT2D eigenvalue weighted by Crippen LogP contribution is 2.27.